The molecule has 2 N–H and O–H groups in total. The molecule has 0 amide bonds. The van der Waals surface area contributed by atoms with Crippen molar-refractivity contribution in [2.45, 2.75) is 6.92 Å². The Morgan fingerprint density at radius 2 is 1.14 bits per heavy atom. The normalized spacial score (nSPS) is 12.0. The summed E-state index contributed by atoms with van der Waals surface area (Å²) in [5, 5.41) is 12.1. The summed E-state index contributed by atoms with van der Waals surface area (Å²) in [6, 6.07) is 13.4. The Kier molecular flexibility index (Phi) is 2.38. The number of aryl methyl sites for hydroxylation is 1. The quantitative estimate of drug-likeness (QED) is 0.332. The molecule has 0 bridgehead atoms. The molecule has 0 saturated carbocycles. The van der Waals surface area contributed by atoms with E-state index in [1.54, 1.807) is 11.3 Å². The molecule has 0 fully saturated rings. The lowest BCUT2D eigenvalue weighted by atomic mass is 9.99. The van der Waals surface area contributed by atoms with Gasteiger partial charge in [-0.1, -0.05) is 36.4 Å². The number of benzene rings is 3. The van der Waals surface area contributed by atoms with E-state index in [0.29, 0.717) is 0 Å². The predicted molar refractivity (Wildman–Crippen MR) is 101 cm³/mol. The van der Waals surface area contributed by atoms with Crippen LogP contribution < -0.4 is 5.73 Å². The van der Waals surface area contributed by atoms with Gasteiger partial charge in [-0.05, 0) is 34.0 Å². The van der Waals surface area contributed by atoms with Gasteiger partial charge in [-0.25, -0.2) is 0 Å². The van der Waals surface area contributed by atoms with Crippen LogP contribution in [0.4, 0.5) is 5.69 Å². The van der Waals surface area contributed by atoms with Crippen molar-refractivity contribution >= 4 is 70.1 Å². The van der Waals surface area contributed by atoms with Crippen LogP contribution in [-0.4, -0.2) is 0 Å². The van der Waals surface area contributed by atoms with Crippen LogP contribution in [0.15, 0.2) is 47.2 Å². The third-order valence-electron chi connectivity index (χ3n) is 4.49. The highest BCUT2D eigenvalue weighted by molar-refractivity contribution is 7.19. The van der Waals surface area contributed by atoms with Crippen LogP contribution in [0, 0.1) is 6.92 Å². The number of nitrogens with two attached hydrogens (primary N) is 1. The van der Waals surface area contributed by atoms with E-state index in [4.69, 9.17) is 5.73 Å². The summed E-state index contributed by atoms with van der Waals surface area (Å²) >= 11 is 3.58. The molecule has 5 aromatic rings. The third-order valence-corrected chi connectivity index (χ3v) is 6.69. The fourth-order valence-corrected chi connectivity index (χ4v) is 5.43. The van der Waals surface area contributed by atoms with Crippen molar-refractivity contribution in [3.05, 3.63) is 52.7 Å². The second kappa shape index (κ2) is 4.22. The lowest BCUT2D eigenvalue weighted by Gasteiger charge is -2.06. The minimum Gasteiger partial charge on any atom is -0.398 e. The second-order valence-corrected chi connectivity index (χ2v) is 7.51. The van der Waals surface area contributed by atoms with E-state index in [0.717, 1.165) is 5.69 Å². The largest absolute Gasteiger partial charge is 0.398 e. The number of nitrogen functional groups attached to an aromatic ring is 1. The molecule has 2 heterocycles. The van der Waals surface area contributed by atoms with Crippen LogP contribution in [-0.2, 0) is 0 Å². The van der Waals surface area contributed by atoms with Gasteiger partial charge in [0.05, 0.1) is 5.69 Å². The minimum atomic E-state index is 0.881. The van der Waals surface area contributed by atoms with E-state index in [9.17, 15) is 0 Å². The molecule has 3 aromatic carbocycles. The van der Waals surface area contributed by atoms with E-state index in [1.165, 1.54) is 47.3 Å². The number of anilines is 1. The summed E-state index contributed by atoms with van der Waals surface area (Å²) in [5.74, 6) is 0. The highest BCUT2D eigenvalue weighted by Gasteiger charge is 2.10. The maximum Gasteiger partial charge on any atom is 0.0503 e. The zero-order valence-corrected chi connectivity index (χ0v) is 13.6. The van der Waals surface area contributed by atoms with Gasteiger partial charge in [0, 0.05) is 30.9 Å². The monoisotopic (exact) mass is 319 g/mol. The van der Waals surface area contributed by atoms with Gasteiger partial charge >= 0.3 is 0 Å². The number of rotatable bonds is 0. The third kappa shape index (κ3) is 1.47. The molecule has 5 rings (SSSR count). The van der Waals surface area contributed by atoms with Crippen LogP contribution in [0.5, 0.6) is 0 Å². The van der Waals surface area contributed by atoms with Gasteiger partial charge < -0.3 is 5.73 Å². The fraction of sp³-hybridized carbons (Fsp3) is 0.0526. The Morgan fingerprint density at radius 3 is 1.86 bits per heavy atom. The molecule has 3 heteroatoms. The van der Waals surface area contributed by atoms with Crippen LogP contribution in [0.25, 0.3) is 41.7 Å². The van der Waals surface area contributed by atoms with Crippen LogP contribution in [0.1, 0.15) is 5.56 Å². The molecular formula is C19H13NS2. The van der Waals surface area contributed by atoms with Crippen LogP contribution in [0.3, 0.4) is 0 Å². The Morgan fingerprint density at radius 1 is 0.636 bits per heavy atom. The number of thiophene rings is 2. The smallest absolute Gasteiger partial charge is 0.0503 e. The van der Waals surface area contributed by atoms with Gasteiger partial charge in [-0.3, -0.25) is 0 Å². The molecule has 0 atom stereocenters. The standard InChI is InChI=1S/C19H13NS2/c1-10-8-21-18-11(10)2-3-12-13-4-7-16-17(20)9-22-19(16)15(13)6-5-14(12)18/h2-9H,20H2,1H3. The average molecular weight is 319 g/mol. The topological polar surface area (TPSA) is 26.0 Å². The number of fused-ring (bicyclic) bond motifs is 7. The highest BCUT2D eigenvalue weighted by atomic mass is 32.1. The summed E-state index contributed by atoms with van der Waals surface area (Å²) in [6.07, 6.45) is 0. The Balaban J connectivity index is 2.03. The molecule has 0 aliphatic heterocycles. The molecule has 106 valence electrons. The average Bonchev–Trinajstić information content (AvgIpc) is 3.11. The molecule has 0 radical (unpaired) electrons. The molecule has 0 saturated heterocycles. The first-order valence-corrected chi connectivity index (χ1v) is 8.99. The van der Waals surface area contributed by atoms with Gasteiger partial charge in [0.1, 0.15) is 0 Å². The van der Waals surface area contributed by atoms with Gasteiger partial charge in [-0.15, -0.1) is 22.7 Å². The molecule has 1 nitrogen and oxygen atoms in total. The van der Waals surface area contributed by atoms with Crippen molar-refractivity contribution in [3.63, 3.8) is 0 Å². The summed E-state index contributed by atoms with van der Waals surface area (Å²) < 4.78 is 2.68. The number of hydrogen-bond donors (Lipinski definition) is 1. The van der Waals surface area contributed by atoms with Crippen LogP contribution >= 0.6 is 22.7 Å². The molecule has 0 aliphatic carbocycles. The maximum absolute atomic E-state index is 6.07. The summed E-state index contributed by atoms with van der Waals surface area (Å²) in [7, 11) is 0. The summed E-state index contributed by atoms with van der Waals surface area (Å²) in [5.41, 5.74) is 8.31. The predicted octanol–water partition coefficient (Wildman–Crippen LogP) is 6.31. The zero-order chi connectivity index (χ0) is 14.8. The Bertz CT molecular complexity index is 1100. The van der Waals surface area contributed by atoms with Crippen molar-refractivity contribution in [1.29, 1.82) is 0 Å². The van der Waals surface area contributed by atoms with Crippen molar-refractivity contribution in [2.24, 2.45) is 0 Å². The van der Waals surface area contributed by atoms with Crippen LogP contribution in [0.2, 0.25) is 0 Å². The minimum absolute atomic E-state index is 0.881. The molecule has 2 aromatic heterocycles. The van der Waals surface area contributed by atoms with Gasteiger partial charge in [0.25, 0.3) is 0 Å². The van der Waals surface area contributed by atoms with Gasteiger partial charge in [0.2, 0.25) is 0 Å². The Labute approximate surface area is 135 Å². The van der Waals surface area contributed by atoms with Crippen molar-refractivity contribution in [1.82, 2.24) is 0 Å². The molecule has 22 heavy (non-hydrogen) atoms. The first-order chi connectivity index (χ1) is 10.7. The second-order valence-electron chi connectivity index (χ2n) is 5.75. The molecular weight excluding hydrogens is 306 g/mol. The molecule has 0 unspecified atom stereocenters. The first-order valence-electron chi connectivity index (χ1n) is 7.23. The molecule has 0 aliphatic rings. The number of hydrogen-bond acceptors (Lipinski definition) is 3. The highest BCUT2D eigenvalue weighted by Crippen LogP contribution is 2.40. The van der Waals surface area contributed by atoms with E-state index in [-0.39, 0.29) is 0 Å². The van der Waals surface area contributed by atoms with E-state index >= 15 is 0 Å². The SMILES string of the molecule is Cc1csc2c1ccc1c3ccc4c(N)csc4c3ccc12. The molecule has 0 spiro atoms. The van der Waals surface area contributed by atoms with Crippen molar-refractivity contribution < 1.29 is 0 Å². The maximum atomic E-state index is 6.07. The van der Waals surface area contributed by atoms with E-state index < -0.39 is 0 Å². The summed E-state index contributed by atoms with van der Waals surface area (Å²) in [4.78, 5) is 0. The lowest BCUT2D eigenvalue weighted by molar-refractivity contribution is 1.60. The van der Waals surface area contributed by atoms with Gasteiger partial charge in [0.15, 0.2) is 0 Å². The zero-order valence-electron chi connectivity index (χ0n) is 12.0. The Hall–Kier alpha value is -2.10. The van der Waals surface area contributed by atoms with Crippen molar-refractivity contribution in [2.75, 3.05) is 5.73 Å². The van der Waals surface area contributed by atoms with Gasteiger partial charge in [-0.2, -0.15) is 0 Å². The van der Waals surface area contributed by atoms with Crippen molar-refractivity contribution in [3.8, 4) is 0 Å². The fourth-order valence-electron chi connectivity index (χ4n) is 3.35. The van der Waals surface area contributed by atoms with E-state index in [1.807, 2.05) is 16.7 Å². The first kappa shape index (κ1) is 12.4. The lowest BCUT2D eigenvalue weighted by Crippen LogP contribution is -1.82. The summed E-state index contributed by atoms with van der Waals surface area (Å²) in [6.45, 7) is 2.18. The van der Waals surface area contributed by atoms with E-state index in [2.05, 4.69) is 48.7 Å².